The van der Waals surface area contributed by atoms with Gasteiger partial charge in [0.05, 0.1) is 16.9 Å². The molecule has 2 aromatic carbocycles. The zero-order valence-electron chi connectivity index (χ0n) is 18.2. The summed E-state index contributed by atoms with van der Waals surface area (Å²) in [5.74, 6) is -0.0425. The molecule has 1 N–H and O–H groups in total. The van der Waals surface area contributed by atoms with Crippen molar-refractivity contribution in [2.24, 2.45) is 12.2 Å². The molecule has 3 rings (SSSR count). The second-order valence-electron chi connectivity index (χ2n) is 7.15. The maximum Gasteiger partial charge on any atom is 0.344 e. The van der Waals surface area contributed by atoms with E-state index in [0.717, 1.165) is 16.8 Å². The molecule has 0 saturated heterocycles. The number of rotatable bonds is 9. The van der Waals surface area contributed by atoms with Crippen molar-refractivity contribution in [3.8, 4) is 17.4 Å². The van der Waals surface area contributed by atoms with Gasteiger partial charge in [-0.25, -0.2) is 9.48 Å². The standard InChI is InChI=1S/C23H24ClN3O5/c1-14-15(2)26-27(4)22(14)32-20-11-21(31-16(3)23(28)29)19(24)10-18(20)12-25-30-13-17-8-6-5-7-9-17/h5-12,16H,13H2,1-4H3,(H,28,29)/b25-12+/t16-/m0/s1. The van der Waals surface area contributed by atoms with Crippen LogP contribution in [-0.4, -0.2) is 33.2 Å². The lowest BCUT2D eigenvalue weighted by atomic mass is 10.2. The van der Waals surface area contributed by atoms with Crippen LogP contribution in [0.5, 0.6) is 17.4 Å². The SMILES string of the molecule is Cc1nn(C)c(Oc2cc(O[C@@H](C)C(=O)O)c(Cl)cc2/C=N/OCc2ccccc2)c1C. The van der Waals surface area contributed by atoms with Crippen LogP contribution >= 0.6 is 11.6 Å². The summed E-state index contributed by atoms with van der Waals surface area (Å²) in [6.07, 6.45) is 0.391. The number of carbonyl (C=O) groups is 1. The van der Waals surface area contributed by atoms with Crippen LogP contribution in [0.1, 0.15) is 29.3 Å². The molecule has 0 aliphatic carbocycles. The first-order valence-electron chi connectivity index (χ1n) is 9.86. The predicted molar refractivity (Wildman–Crippen MR) is 121 cm³/mol. The van der Waals surface area contributed by atoms with Gasteiger partial charge in [-0.05, 0) is 32.4 Å². The predicted octanol–water partition coefficient (Wildman–Crippen LogP) is 4.89. The third-order valence-corrected chi connectivity index (χ3v) is 5.02. The Morgan fingerprint density at radius 3 is 2.59 bits per heavy atom. The van der Waals surface area contributed by atoms with Gasteiger partial charge in [-0.1, -0.05) is 47.1 Å². The van der Waals surface area contributed by atoms with Gasteiger partial charge in [0.2, 0.25) is 5.88 Å². The van der Waals surface area contributed by atoms with Gasteiger partial charge in [0.15, 0.2) is 6.10 Å². The van der Waals surface area contributed by atoms with Gasteiger partial charge in [-0.2, -0.15) is 5.10 Å². The molecule has 0 spiro atoms. The highest BCUT2D eigenvalue weighted by Gasteiger charge is 2.19. The topological polar surface area (TPSA) is 95.2 Å². The van der Waals surface area contributed by atoms with Gasteiger partial charge in [-0.15, -0.1) is 0 Å². The largest absolute Gasteiger partial charge is 0.479 e. The summed E-state index contributed by atoms with van der Waals surface area (Å²) in [4.78, 5) is 16.6. The van der Waals surface area contributed by atoms with E-state index in [0.29, 0.717) is 23.8 Å². The Morgan fingerprint density at radius 2 is 1.97 bits per heavy atom. The fourth-order valence-electron chi connectivity index (χ4n) is 2.84. The molecule has 0 aliphatic rings. The van der Waals surface area contributed by atoms with Gasteiger partial charge >= 0.3 is 5.97 Å². The molecule has 1 aromatic heterocycles. The average molecular weight is 458 g/mol. The number of halogens is 1. The number of ether oxygens (including phenoxy) is 2. The van der Waals surface area contributed by atoms with Crippen molar-refractivity contribution < 1.29 is 24.2 Å². The number of hydrogen-bond donors (Lipinski definition) is 1. The van der Waals surface area contributed by atoms with Crippen LogP contribution in [0.25, 0.3) is 0 Å². The number of hydrogen-bond acceptors (Lipinski definition) is 6. The lowest BCUT2D eigenvalue weighted by Gasteiger charge is -2.16. The smallest absolute Gasteiger partial charge is 0.344 e. The second kappa shape index (κ2) is 10.2. The number of aryl methyl sites for hydroxylation is 2. The van der Waals surface area contributed by atoms with Gasteiger partial charge in [0.25, 0.3) is 0 Å². The van der Waals surface area contributed by atoms with Crippen LogP contribution in [0, 0.1) is 13.8 Å². The summed E-state index contributed by atoms with van der Waals surface area (Å²) in [5, 5.41) is 17.8. The van der Waals surface area contributed by atoms with Gasteiger partial charge in [0.1, 0.15) is 18.1 Å². The van der Waals surface area contributed by atoms with E-state index < -0.39 is 12.1 Å². The molecule has 1 heterocycles. The first kappa shape index (κ1) is 23.1. The summed E-state index contributed by atoms with van der Waals surface area (Å²) < 4.78 is 13.2. The highest BCUT2D eigenvalue weighted by atomic mass is 35.5. The molecule has 0 radical (unpaired) electrons. The van der Waals surface area contributed by atoms with Gasteiger partial charge in [0, 0.05) is 24.2 Å². The number of nitrogens with zero attached hydrogens (tertiary/aromatic N) is 3. The third-order valence-electron chi connectivity index (χ3n) is 4.72. The summed E-state index contributed by atoms with van der Waals surface area (Å²) in [5.41, 5.74) is 3.20. The molecule has 3 aromatic rings. The van der Waals surface area contributed by atoms with Crippen LogP contribution in [-0.2, 0) is 23.3 Å². The van der Waals surface area contributed by atoms with E-state index in [2.05, 4.69) is 10.3 Å². The third kappa shape index (κ3) is 5.59. The van der Waals surface area contributed by atoms with Crippen molar-refractivity contribution in [1.29, 1.82) is 0 Å². The molecule has 0 saturated carbocycles. The molecular weight excluding hydrogens is 434 g/mol. The van der Waals surface area contributed by atoms with Crippen LogP contribution in [0.2, 0.25) is 5.02 Å². The number of aromatic nitrogens is 2. The van der Waals surface area contributed by atoms with E-state index in [1.165, 1.54) is 19.2 Å². The van der Waals surface area contributed by atoms with Crippen LogP contribution in [0.3, 0.4) is 0 Å². The van der Waals surface area contributed by atoms with Gasteiger partial charge < -0.3 is 19.4 Å². The van der Waals surface area contributed by atoms with E-state index in [1.54, 1.807) is 17.8 Å². The molecule has 9 heteroatoms. The highest BCUT2D eigenvalue weighted by molar-refractivity contribution is 6.32. The number of aliphatic carboxylic acids is 1. The Kier molecular flexibility index (Phi) is 7.37. The van der Waals surface area contributed by atoms with E-state index in [9.17, 15) is 4.79 Å². The highest BCUT2D eigenvalue weighted by Crippen LogP contribution is 2.36. The molecule has 0 amide bonds. The maximum absolute atomic E-state index is 11.2. The summed E-state index contributed by atoms with van der Waals surface area (Å²) >= 11 is 6.33. The molecule has 32 heavy (non-hydrogen) atoms. The Bertz CT molecular complexity index is 1130. The Hall–Kier alpha value is -3.52. The van der Waals surface area contributed by atoms with E-state index >= 15 is 0 Å². The Labute approximate surface area is 191 Å². The molecule has 0 bridgehead atoms. The minimum atomic E-state index is -1.11. The van der Waals surface area contributed by atoms with E-state index in [4.69, 9.17) is 31.0 Å². The first-order chi connectivity index (χ1) is 15.3. The minimum absolute atomic E-state index is 0.176. The summed E-state index contributed by atoms with van der Waals surface area (Å²) in [7, 11) is 1.77. The van der Waals surface area contributed by atoms with Crippen molar-refractivity contribution in [3.05, 3.63) is 69.9 Å². The van der Waals surface area contributed by atoms with Crippen molar-refractivity contribution in [2.75, 3.05) is 0 Å². The molecule has 0 fully saturated rings. The zero-order chi connectivity index (χ0) is 23.3. The monoisotopic (exact) mass is 457 g/mol. The summed E-state index contributed by atoms with van der Waals surface area (Å²) in [6, 6.07) is 12.7. The molecule has 0 unspecified atom stereocenters. The fourth-order valence-corrected chi connectivity index (χ4v) is 3.06. The van der Waals surface area contributed by atoms with Crippen LogP contribution in [0.15, 0.2) is 47.6 Å². The number of carboxylic acid groups (broad SMARTS) is 1. The second-order valence-corrected chi connectivity index (χ2v) is 7.56. The lowest BCUT2D eigenvalue weighted by Crippen LogP contribution is -2.23. The number of carboxylic acids is 1. The van der Waals surface area contributed by atoms with Crippen molar-refractivity contribution in [1.82, 2.24) is 9.78 Å². The molecular formula is C23H24ClN3O5. The first-order valence-corrected chi connectivity index (χ1v) is 10.2. The molecule has 1 atom stereocenters. The average Bonchev–Trinajstić information content (AvgIpc) is 3.00. The van der Waals surface area contributed by atoms with Crippen LogP contribution < -0.4 is 9.47 Å². The fraction of sp³-hybridized carbons (Fsp3) is 0.261. The van der Waals surface area contributed by atoms with Crippen molar-refractivity contribution in [3.63, 3.8) is 0 Å². The molecule has 168 valence electrons. The Balaban J connectivity index is 1.90. The number of benzene rings is 2. The van der Waals surface area contributed by atoms with Crippen LogP contribution in [0.4, 0.5) is 0 Å². The molecule has 8 nitrogen and oxygen atoms in total. The lowest BCUT2D eigenvalue weighted by molar-refractivity contribution is -0.144. The molecule has 0 aliphatic heterocycles. The zero-order valence-corrected chi connectivity index (χ0v) is 19.0. The quantitative estimate of drug-likeness (QED) is 0.363. The number of oxime groups is 1. The van der Waals surface area contributed by atoms with E-state index in [1.807, 2.05) is 44.2 Å². The minimum Gasteiger partial charge on any atom is -0.479 e. The normalized spacial score (nSPS) is 12.0. The Morgan fingerprint density at radius 1 is 1.25 bits per heavy atom. The summed E-state index contributed by atoms with van der Waals surface area (Å²) in [6.45, 7) is 5.50. The van der Waals surface area contributed by atoms with Crippen molar-refractivity contribution >= 4 is 23.8 Å². The van der Waals surface area contributed by atoms with Gasteiger partial charge in [-0.3, -0.25) is 0 Å². The maximum atomic E-state index is 11.2. The van der Waals surface area contributed by atoms with Crippen molar-refractivity contribution in [2.45, 2.75) is 33.5 Å². The van der Waals surface area contributed by atoms with E-state index in [-0.39, 0.29) is 10.8 Å².